The van der Waals surface area contributed by atoms with Gasteiger partial charge in [0, 0.05) is 49.3 Å². The van der Waals surface area contributed by atoms with Gasteiger partial charge in [0.2, 0.25) is 15.9 Å². The zero-order valence-corrected chi connectivity index (χ0v) is 32.9. The van der Waals surface area contributed by atoms with Crippen molar-refractivity contribution < 1.29 is 41.0 Å². The lowest BCUT2D eigenvalue weighted by Crippen LogP contribution is -2.63. The third kappa shape index (κ3) is 9.41. The highest BCUT2D eigenvalue weighted by atomic mass is 35.5. The third-order valence-corrected chi connectivity index (χ3v) is 13.7. The number of carbonyl (C=O) groups excluding carboxylic acids is 1. The molecule has 0 radical (unpaired) electrons. The molecule has 1 amide bonds. The first-order chi connectivity index (χ1) is 27.2. The molecule has 15 heteroatoms. The zero-order valence-electron chi connectivity index (χ0n) is 31.3. The van der Waals surface area contributed by atoms with Crippen LogP contribution in [0.2, 0.25) is 5.02 Å². The number of benzene rings is 4. The van der Waals surface area contributed by atoms with Crippen molar-refractivity contribution in [2.75, 3.05) is 19.6 Å². The highest BCUT2D eigenvalue weighted by molar-refractivity contribution is 7.89. The fraction of sp³-hybridized carbons (Fsp3) is 0.429. The minimum absolute atomic E-state index is 0.0675. The monoisotopic (exact) mass is 826 g/mol. The summed E-state index contributed by atoms with van der Waals surface area (Å²) < 4.78 is 68.4. The van der Waals surface area contributed by atoms with E-state index in [1.807, 2.05) is 53.4 Å². The van der Waals surface area contributed by atoms with Crippen molar-refractivity contribution >= 4 is 44.3 Å². The van der Waals surface area contributed by atoms with Crippen LogP contribution in [0.3, 0.4) is 0 Å². The fourth-order valence-corrected chi connectivity index (χ4v) is 10.4. The van der Waals surface area contributed by atoms with Gasteiger partial charge in [-0.25, -0.2) is 13.2 Å². The fourth-order valence-electron chi connectivity index (χ4n) is 8.68. The molecule has 2 bridgehead atoms. The molecule has 304 valence electrons. The Bertz CT molecular complexity index is 2170. The Balaban J connectivity index is 0.000000651. The van der Waals surface area contributed by atoms with Gasteiger partial charge < -0.3 is 20.5 Å². The van der Waals surface area contributed by atoms with Gasteiger partial charge in [0.05, 0.1) is 11.0 Å². The topological polar surface area (TPSA) is 133 Å². The maximum Gasteiger partial charge on any atom is 0.490 e. The van der Waals surface area contributed by atoms with E-state index in [1.54, 1.807) is 12.1 Å². The molecule has 3 atom stereocenters. The number of carbonyl (C=O) groups is 2. The Hall–Kier alpha value is -4.21. The first kappa shape index (κ1) is 41.0. The van der Waals surface area contributed by atoms with Crippen LogP contribution in [0.4, 0.5) is 13.2 Å². The number of ether oxygens (including phenoxy) is 1. The number of fused-ring (bicyclic) bond motifs is 3. The van der Waals surface area contributed by atoms with Crippen molar-refractivity contribution in [3.8, 4) is 16.9 Å². The smallest absolute Gasteiger partial charge is 0.490 e. The number of piperazine rings is 1. The molecule has 4 aliphatic rings. The normalized spacial score (nSPS) is 23.3. The van der Waals surface area contributed by atoms with E-state index in [1.165, 1.54) is 17.1 Å². The van der Waals surface area contributed by atoms with E-state index in [2.05, 4.69) is 29.2 Å². The molecule has 3 aliphatic heterocycles. The summed E-state index contributed by atoms with van der Waals surface area (Å²) in [5, 5.41) is 9.59. The van der Waals surface area contributed by atoms with E-state index in [4.69, 9.17) is 32.0 Å². The van der Waals surface area contributed by atoms with Crippen LogP contribution in [0.15, 0.2) is 89.8 Å². The zero-order chi connectivity index (χ0) is 40.5. The molecule has 3 heterocycles. The predicted octanol–water partition coefficient (Wildman–Crippen LogP) is 7.47. The summed E-state index contributed by atoms with van der Waals surface area (Å²) in [5.41, 5.74) is 9.66. The number of piperidine rings is 1. The van der Waals surface area contributed by atoms with Crippen LogP contribution in [-0.2, 0) is 26.2 Å². The number of aliphatic carboxylic acids is 1. The van der Waals surface area contributed by atoms with Crippen LogP contribution in [0.25, 0.3) is 21.9 Å². The summed E-state index contributed by atoms with van der Waals surface area (Å²) >= 11 is 6.08. The summed E-state index contributed by atoms with van der Waals surface area (Å²) in [6.07, 6.45) is 3.08. The molecule has 4 aromatic rings. The second-order valence-electron chi connectivity index (χ2n) is 15.4. The molecule has 1 aliphatic carbocycles. The lowest BCUT2D eigenvalue weighted by molar-refractivity contribution is -0.192. The van der Waals surface area contributed by atoms with Gasteiger partial charge in [-0.2, -0.15) is 17.5 Å². The lowest BCUT2D eigenvalue weighted by atomic mass is 9.97. The molecule has 3 N–H and O–H groups in total. The molecular weight excluding hydrogens is 781 g/mol. The van der Waals surface area contributed by atoms with Crippen LogP contribution >= 0.6 is 11.6 Å². The number of halogens is 4. The van der Waals surface area contributed by atoms with Gasteiger partial charge in [0.25, 0.3) is 0 Å². The highest BCUT2D eigenvalue weighted by Gasteiger charge is 2.48. The van der Waals surface area contributed by atoms with Crippen molar-refractivity contribution in [3.63, 3.8) is 0 Å². The SMILES string of the molecule is NC1CC2CCC(C1)N2C(=O)[C@H]1CN(Cc2ccc(-c3ccc(Cl)cc3)cc2)CCN1S(=O)(=O)c1ccc2cc(OC3CCCC3)ccc2c1.O=C(O)C(F)(F)F. The van der Waals surface area contributed by atoms with Crippen molar-refractivity contribution in [1.29, 1.82) is 0 Å². The molecule has 57 heavy (non-hydrogen) atoms. The van der Waals surface area contributed by atoms with Crippen molar-refractivity contribution in [1.82, 2.24) is 14.1 Å². The number of nitrogens with two attached hydrogens (primary N) is 1. The molecule has 4 fully saturated rings. The van der Waals surface area contributed by atoms with Gasteiger partial charge in [0.1, 0.15) is 11.8 Å². The molecular formula is C42H46ClF3N4O6S. The standard InChI is InChI=1S/C40H45ClN4O4S.C2HF3O2/c41-32-13-9-29(10-14-32)28-7-5-27(6-8-28)25-43-19-20-44(39(26-43)40(46)45-34-15-16-35(45)24-33(42)23-34)50(47,48)38-18-12-30-21-37(17-11-31(30)22-38)49-36-3-1-2-4-36;3-2(4,5)1(6)7/h5-14,17-18,21-22,33-36,39H,1-4,15-16,19-20,23-26,42H2;(H,6,7)/t33?,34?,35?,39-;/m1./s1. The van der Waals surface area contributed by atoms with Gasteiger partial charge >= 0.3 is 12.1 Å². The summed E-state index contributed by atoms with van der Waals surface area (Å²) in [6.45, 7) is 1.71. The van der Waals surface area contributed by atoms with Crippen LogP contribution in [0.1, 0.15) is 56.9 Å². The number of hydrogen-bond acceptors (Lipinski definition) is 7. The second-order valence-corrected chi connectivity index (χ2v) is 17.8. The van der Waals surface area contributed by atoms with Crippen LogP contribution < -0.4 is 10.5 Å². The van der Waals surface area contributed by atoms with Gasteiger partial charge in [-0.15, -0.1) is 0 Å². The van der Waals surface area contributed by atoms with Crippen LogP contribution in [0, 0.1) is 0 Å². The molecule has 1 saturated carbocycles. The Labute approximate surface area is 335 Å². The Kier molecular flexibility index (Phi) is 12.2. The maximum absolute atomic E-state index is 14.6. The number of carboxylic acids is 1. The molecule has 10 nitrogen and oxygen atoms in total. The maximum atomic E-state index is 14.6. The molecule has 3 saturated heterocycles. The summed E-state index contributed by atoms with van der Waals surface area (Å²) in [5.74, 6) is -2.03. The molecule has 2 unspecified atom stereocenters. The van der Waals surface area contributed by atoms with Gasteiger partial charge in [-0.3, -0.25) is 9.69 Å². The number of carboxylic acid groups (broad SMARTS) is 1. The predicted molar refractivity (Wildman–Crippen MR) is 211 cm³/mol. The van der Waals surface area contributed by atoms with Crippen molar-refractivity contribution in [2.24, 2.45) is 5.73 Å². The summed E-state index contributed by atoms with van der Waals surface area (Å²) in [7, 11) is -3.98. The Morgan fingerprint density at radius 2 is 1.40 bits per heavy atom. The first-order valence-electron chi connectivity index (χ1n) is 19.3. The number of nitrogens with zero attached hydrogens (tertiary/aromatic N) is 3. The van der Waals surface area contributed by atoms with E-state index in [9.17, 15) is 26.4 Å². The summed E-state index contributed by atoms with van der Waals surface area (Å²) in [6, 6.07) is 26.7. The number of sulfonamides is 1. The minimum Gasteiger partial charge on any atom is -0.490 e. The van der Waals surface area contributed by atoms with E-state index in [0.29, 0.717) is 24.7 Å². The Morgan fingerprint density at radius 1 is 0.825 bits per heavy atom. The van der Waals surface area contributed by atoms with Crippen molar-refractivity contribution in [2.45, 2.75) is 99.3 Å². The van der Waals surface area contributed by atoms with E-state index >= 15 is 0 Å². The van der Waals surface area contributed by atoms with Crippen LogP contribution in [-0.4, -0.2) is 95.6 Å². The Morgan fingerprint density at radius 3 is 2.02 bits per heavy atom. The van der Waals surface area contributed by atoms with Crippen LogP contribution in [0.5, 0.6) is 5.75 Å². The highest BCUT2D eigenvalue weighted by Crippen LogP contribution is 2.37. The number of amides is 1. The van der Waals surface area contributed by atoms with Gasteiger partial charge in [-0.05, 0) is 115 Å². The quantitative estimate of drug-likeness (QED) is 0.187. The van der Waals surface area contributed by atoms with E-state index in [-0.39, 0.29) is 41.6 Å². The number of alkyl halides is 3. The average Bonchev–Trinajstić information content (AvgIpc) is 3.79. The molecule has 8 rings (SSSR count). The first-order valence-corrected chi connectivity index (χ1v) is 21.1. The molecule has 0 spiro atoms. The van der Waals surface area contributed by atoms with Gasteiger partial charge in [-0.1, -0.05) is 60.1 Å². The number of rotatable bonds is 8. The van der Waals surface area contributed by atoms with E-state index < -0.39 is 28.2 Å². The average molecular weight is 827 g/mol. The number of hydrogen-bond donors (Lipinski definition) is 2. The molecule has 4 aromatic carbocycles. The van der Waals surface area contributed by atoms with Gasteiger partial charge in [0.15, 0.2) is 0 Å². The minimum atomic E-state index is -5.08. The summed E-state index contributed by atoms with van der Waals surface area (Å²) in [4.78, 5) is 27.9. The molecule has 0 aromatic heterocycles. The third-order valence-electron chi connectivity index (χ3n) is 11.5. The van der Waals surface area contributed by atoms with E-state index in [0.717, 1.165) is 71.7 Å². The lowest BCUT2D eigenvalue weighted by Gasteiger charge is -2.45. The largest absolute Gasteiger partial charge is 0.490 e. The second kappa shape index (κ2) is 16.9. The van der Waals surface area contributed by atoms with Crippen molar-refractivity contribution in [3.05, 3.63) is 95.5 Å².